The van der Waals surface area contributed by atoms with Gasteiger partial charge in [-0.1, -0.05) is 6.07 Å². The zero-order valence-electron chi connectivity index (χ0n) is 15.3. The van der Waals surface area contributed by atoms with Crippen molar-refractivity contribution in [3.05, 3.63) is 101 Å². The summed E-state index contributed by atoms with van der Waals surface area (Å²) in [5, 5.41) is 21.7. The Morgan fingerprint density at radius 3 is 1.87 bits per heavy atom. The van der Waals surface area contributed by atoms with Crippen LogP contribution in [0, 0.1) is 11.6 Å². The predicted molar refractivity (Wildman–Crippen MR) is 102 cm³/mol. The number of ketones is 1. The van der Waals surface area contributed by atoms with Crippen LogP contribution in [0.3, 0.4) is 0 Å². The first-order chi connectivity index (χ1) is 14.3. The van der Waals surface area contributed by atoms with E-state index in [0.717, 1.165) is 30.3 Å². The standard InChI is InChI=1S/C22H15F2NO5/c23-14-5-1-12(2-6-14)20(27)18-11-16(26)9-10-17(18)19(22(29)30)25-21(28)13-3-7-15(24)8-4-13/h1-11,19,26H,(H,25,28)(H,29,30). The van der Waals surface area contributed by atoms with Crippen molar-refractivity contribution in [3.63, 3.8) is 0 Å². The fourth-order valence-corrected chi connectivity index (χ4v) is 2.84. The number of aromatic hydroxyl groups is 1. The molecule has 8 heteroatoms. The number of halogens is 2. The topological polar surface area (TPSA) is 104 Å². The summed E-state index contributed by atoms with van der Waals surface area (Å²) in [5.41, 5.74) is -0.163. The number of hydrogen-bond donors (Lipinski definition) is 3. The first kappa shape index (κ1) is 20.7. The lowest BCUT2D eigenvalue weighted by Crippen LogP contribution is -2.34. The van der Waals surface area contributed by atoms with Crippen LogP contribution in [0.1, 0.15) is 37.9 Å². The van der Waals surface area contributed by atoms with Gasteiger partial charge in [0.2, 0.25) is 0 Å². The lowest BCUT2D eigenvalue weighted by atomic mass is 9.93. The number of rotatable bonds is 6. The zero-order valence-corrected chi connectivity index (χ0v) is 15.3. The number of phenolic OH excluding ortho intramolecular Hbond substituents is 1. The quantitative estimate of drug-likeness (QED) is 0.539. The van der Waals surface area contributed by atoms with E-state index in [9.17, 15) is 33.4 Å². The van der Waals surface area contributed by atoms with Crippen LogP contribution >= 0.6 is 0 Å². The Kier molecular flexibility index (Phi) is 5.87. The fraction of sp³-hybridized carbons (Fsp3) is 0.0455. The summed E-state index contributed by atoms with van der Waals surface area (Å²) in [6.45, 7) is 0. The van der Waals surface area contributed by atoms with Crippen molar-refractivity contribution >= 4 is 17.7 Å². The molecule has 0 aliphatic carbocycles. The van der Waals surface area contributed by atoms with Crippen molar-refractivity contribution < 1.29 is 33.4 Å². The highest BCUT2D eigenvalue weighted by molar-refractivity contribution is 6.11. The second-order valence-electron chi connectivity index (χ2n) is 6.36. The van der Waals surface area contributed by atoms with Crippen molar-refractivity contribution in [2.24, 2.45) is 0 Å². The Hall–Kier alpha value is -4.07. The minimum Gasteiger partial charge on any atom is -0.508 e. The minimum absolute atomic E-state index is 0.0211. The van der Waals surface area contributed by atoms with Crippen molar-refractivity contribution in [1.29, 1.82) is 0 Å². The molecule has 0 saturated carbocycles. The largest absolute Gasteiger partial charge is 0.508 e. The first-order valence-electron chi connectivity index (χ1n) is 8.68. The van der Waals surface area contributed by atoms with Gasteiger partial charge in [0.15, 0.2) is 11.8 Å². The molecule has 0 bridgehead atoms. The SMILES string of the molecule is O=C(NC(C(=O)O)c1ccc(O)cc1C(=O)c1ccc(F)cc1)c1ccc(F)cc1. The number of amides is 1. The number of carbonyl (C=O) groups is 3. The highest BCUT2D eigenvalue weighted by Gasteiger charge is 2.28. The van der Waals surface area contributed by atoms with Gasteiger partial charge in [-0.2, -0.15) is 0 Å². The lowest BCUT2D eigenvalue weighted by molar-refractivity contribution is -0.139. The van der Waals surface area contributed by atoms with Crippen LogP contribution in [0.2, 0.25) is 0 Å². The molecule has 0 aliphatic heterocycles. The van der Waals surface area contributed by atoms with E-state index in [1.54, 1.807) is 0 Å². The Labute approximate surface area is 169 Å². The van der Waals surface area contributed by atoms with E-state index in [0.29, 0.717) is 0 Å². The Balaban J connectivity index is 1.99. The van der Waals surface area contributed by atoms with Gasteiger partial charge in [-0.05, 0) is 66.2 Å². The van der Waals surface area contributed by atoms with E-state index in [4.69, 9.17) is 0 Å². The van der Waals surface area contributed by atoms with Crippen LogP contribution < -0.4 is 5.32 Å². The van der Waals surface area contributed by atoms with Gasteiger partial charge in [-0.15, -0.1) is 0 Å². The second-order valence-corrected chi connectivity index (χ2v) is 6.36. The molecular formula is C22H15F2NO5. The van der Waals surface area contributed by atoms with Gasteiger partial charge in [0.05, 0.1) is 0 Å². The number of hydrogen-bond acceptors (Lipinski definition) is 4. The minimum atomic E-state index is -1.64. The number of aliphatic carboxylic acids is 1. The summed E-state index contributed by atoms with van der Waals surface area (Å²) in [6.07, 6.45) is 0. The molecule has 152 valence electrons. The Morgan fingerprint density at radius 1 is 0.800 bits per heavy atom. The molecule has 0 saturated heterocycles. The van der Waals surface area contributed by atoms with Crippen LogP contribution in [0.4, 0.5) is 8.78 Å². The number of carbonyl (C=O) groups excluding carboxylic acids is 2. The Bertz CT molecular complexity index is 1110. The van der Waals surface area contributed by atoms with E-state index >= 15 is 0 Å². The van der Waals surface area contributed by atoms with E-state index in [2.05, 4.69) is 5.32 Å². The molecule has 0 aromatic heterocycles. The number of nitrogens with one attached hydrogen (secondary N) is 1. The zero-order chi connectivity index (χ0) is 21.8. The molecular weight excluding hydrogens is 396 g/mol. The van der Waals surface area contributed by atoms with Crippen molar-refractivity contribution in [2.75, 3.05) is 0 Å². The van der Waals surface area contributed by atoms with Gasteiger partial charge >= 0.3 is 5.97 Å². The molecule has 0 spiro atoms. The van der Waals surface area contributed by atoms with Gasteiger partial charge in [0.25, 0.3) is 5.91 Å². The van der Waals surface area contributed by atoms with Crippen molar-refractivity contribution in [1.82, 2.24) is 5.32 Å². The molecule has 1 unspecified atom stereocenters. The molecule has 3 aromatic carbocycles. The van der Waals surface area contributed by atoms with Crippen LogP contribution in [-0.2, 0) is 4.79 Å². The van der Waals surface area contributed by atoms with Crippen LogP contribution in [-0.4, -0.2) is 27.9 Å². The molecule has 0 aliphatic rings. The van der Waals surface area contributed by atoms with E-state index in [1.165, 1.54) is 36.4 Å². The fourth-order valence-electron chi connectivity index (χ4n) is 2.84. The third-order valence-electron chi connectivity index (χ3n) is 4.33. The van der Waals surface area contributed by atoms with Crippen molar-refractivity contribution in [2.45, 2.75) is 6.04 Å². The Morgan fingerprint density at radius 2 is 1.33 bits per heavy atom. The van der Waals surface area contributed by atoms with Gasteiger partial charge in [-0.3, -0.25) is 9.59 Å². The van der Waals surface area contributed by atoms with Gasteiger partial charge in [0, 0.05) is 16.7 Å². The van der Waals surface area contributed by atoms with E-state index in [1.807, 2.05) is 0 Å². The van der Waals surface area contributed by atoms with E-state index < -0.39 is 35.3 Å². The number of carboxylic acid groups (broad SMARTS) is 1. The molecule has 3 rings (SSSR count). The molecule has 1 atom stereocenters. The summed E-state index contributed by atoms with van der Waals surface area (Å²) in [6, 6.07) is 10.9. The van der Waals surface area contributed by atoms with Crippen LogP contribution in [0.25, 0.3) is 0 Å². The number of carboxylic acids is 1. The lowest BCUT2D eigenvalue weighted by Gasteiger charge is -2.18. The van der Waals surface area contributed by atoms with Gasteiger partial charge in [-0.25, -0.2) is 13.6 Å². The highest BCUT2D eigenvalue weighted by Crippen LogP contribution is 2.26. The molecule has 3 N–H and O–H groups in total. The monoisotopic (exact) mass is 411 g/mol. The van der Waals surface area contributed by atoms with Gasteiger partial charge < -0.3 is 15.5 Å². The summed E-state index contributed by atoms with van der Waals surface area (Å²) in [4.78, 5) is 37.2. The second kappa shape index (κ2) is 8.52. The molecule has 0 radical (unpaired) electrons. The maximum atomic E-state index is 13.2. The molecule has 0 heterocycles. The third kappa shape index (κ3) is 4.49. The van der Waals surface area contributed by atoms with Gasteiger partial charge in [0.1, 0.15) is 17.4 Å². The average molecular weight is 411 g/mol. The summed E-state index contributed by atoms with van der Waals surface area (Å²) < 4.78 is 26.2. The summed E-state index contributed by atoms with van der Waals surface area (Å²) in [7, 11) is 0. The normalized spacial score (nSPS) is 11.5. The third-order valence-corrected chi connectivity index (χ3v) is 4.33. The van der Waals surface area contributed by atoms with Crippen LogP contribution in [0.5, 0.6) is 5.75 Å². The summed E-state index contributed by atoms with van der Waals surface area (Å²) >= 11 is 0. The van der Waals surface area contributed by atoms with Crippen LogP contribution in [0.15, 0.2) is 66.7 Å². The number of benzene rings is 3. The van der Waals surface area contributed by atoms with Crippen molar-refractivity contribution in [3.8, 4) is 5.75 Å². The maximum Gasteiger partial charge on any atom is 0.330 e. The average Bonchev–Trinajstić information content (AvgIpc) is 2.72. The molecule has 0 fully saturated rings. The predicted octanol–water partition coefficient (Wildman–Crippen LogP) is 3.46. The van der Waals surface area contributed by atoms with E-state index in [-0.39, 0.29) is 28.0 Å². The molecule has 3 aromatic rings. The highest BCUT2D eigenvalue weighted by atomic mass is 19.1. The molecule has 6 nitrogen and oxygen atoms in total. The molecule has 1 amide bonds. The molecule has 30 heavy (non-hydrogen) atoms. The first-order valence-corrected chi connectivity index (χ1v) is 8.68. The smallest absolute Gasteiger partial charge is 0.330 e. The summed E-state index contributed by atoms with van der Waals surface area (Å²) in [5.74, 6) is -4.33. The maximum absolute atomic E-state index is 13.2. The number of phenols is 1.